The van der Waals surface area contributed by atoms with E-state index < -0.39 is 10.0 Å². The van der Waals surface area contributed by atoms with Crippen LogP contribution >= 0.6 is 0 Å². The van der Waals surface area contributed by atoms with Crippen LogP contribution in [0.4, 0.5) is 0 Å². The van der Waals surface area contributed by atoms with Crippen molar-refractivity contribution >= 4 is 15.9 Å². The zero-order chi connectivity index (χ0) is 16.9. The monoisotopic (exact) mass is 339 g/mol. The Hall–Kier alpha value is -1.44. The Labute approximate surface area is 138 Å². The maximum Gasteiger partial charge on any atom is 0.238 e. The van der Waals surface area contributed by atoms with Gasteiger partial charge < -0.3 is 5.32 Å². The number of hydrogen-bond donors (Lipinski definition) is 2. The van der Waals surface area contributed by atoms with Crippen LogP contribution < -0.4 is 10.5 Å². The van der Waals surface area contributed by atoms with Gasteiger partial charge in [0.1, 0.15) is 0 Å². The van der Waals surface area contributed by atoms with Gasteiger partial charge in [0.05, 0.1) is 11.4 Å². The van der Waals surface area contributed by atoms with Gasteiger partial charge in [-0.1, -0.05) is 31.4 Å². The van der Waals surface area contributed by atoms with Gasteiger partial charge in [-0.3, -0.25) is 9.69 Å². The van der Waals surface area contributed by atoms with Crippen LogP contribution in [0.25, 0.3) is 0 Å². The second-order valence-electron chi connectivity index (χ2n) is 6.17. The number of benzene rings is 1. The molecule has 23 heavy (non-hydrogen) atoms. The van der Waals surface area contributed by atoms with E-state index >= 15 is 0 Å². The van der Waals surface area contributed by atoms with E-state index in [4.69, 9.17) is 5.14 Å². The Kier molecular flexibility index (Phi) is 6.15. The fraction of sp³-hybridized carbons (Fsp3) is 0.562. The quantitative estimate of drug-likeness (QED) is 0.815. The minimum absolute atomic E-state index is 0.0198. The van der Waals surface area contributed by atoms with E-state index in [1.807, 2.05) is 7.05 Å². The highest BCUT2D eigenvalue weighted by atomic mass is 32.2. The SMILES string of the molecule is CN(CC(=O)NCc1ccc(S(N)(=O)=O)cc1)C1CCCCC1. The summed E-state index contributed by atoms with van der Waals surface area (Å²) in [5.41, 5.74) is 0.839. The molecular weight excluding hydrogens is 314 g/mol. The molecule has 1 aromatic rings. The van der Waals surface area contributed by atoms with Gasteiger partial charge in [0.25, 0.3) is 0 Å². The molecule has 1 fully saturated rings. The van der Waals surface area contributed by atoms with Crippen molar-refractivity contribution in [2.24, 2.45) is 5.14 Å². The highest BCUT2D eigenvalue weighted by Crippen LogP contribution is 2.21. The molecule has 0 unspecified atom stereocenters. The van der Waals surface area contributed by atoms with E-state index in [2.05, 4.69) is 10.2 Å². The number of nitrogens with zero attached hydrogens (tertiary/aromatic N) is 1. The average molecular weight is 339 g/mol. The molecule has 0 aliphatic heterocycles. The molecule has 1 aliphatic rings. The minimum atomic E-state index is -3.67. The summed E-state index contributed by atoms with van der Waals surface area (Å²) in [4.78, 5) is 14.2. The molecule has 0 radical (unpaired) electrons. The number of likely N-dealkylation sites (N-methyl/N-ethyl adjacent to an activating group) is 1. The van der Waals surface area contributed by atoms with Gasteiger partial charge >= 0.3 is 0 Å². The van der Waals surface area contributed by atoms with Crippen molar-refractivity contribution in [2.75, 3.05) is 13.6 Å². The summed E-state index contributed by atoms with van der Waals surface area (Å²) in [6, 6.07) is 6.72. The lowest BCUT2D eigenvalue weighted by Crippen LogP contribution is -2.41. The van der Waals surface area contributed by atoms with E-state index in [1.165, 1.54) is 44.2 Å². The largest absolute Gasteiger partial charge is 0.351 e. The first kappa shape index (κ1) is 17.9. The van der Waals surface area contributed by atoms with Gasteiger partial charge in [0, 0.05) is 12.6 Å². The standard InChI is InChI=1S/C16H25N3O3S/c1-19(14-5-3-2-4-6-14)12-16(20)18-11-13-7-9-15(10-8-13)23(17,21)22/h7-10,14H,2-6,11-12H2,1H3,(H,18,20)(H2,17,21,22). The van der Waals surface area contributed by atoms with Crippen LogP contribution in [0.2, 0.25) is 0 Å². The van der Waals surface area contributed by atoms with Gasteiger partial charge in [-0.2, -0.15) is 0 Å². The second kappa shape index (κ2) is 7.90. The molecular formula is C16H25N3O3S. The summed E-state index contributed by atoms with van der Waals surface area (Å²) >= 11 is 0. The molecule has 0 bridgehead atoms. The first-order valence-electron chi connectivity index (χ1n) is 7.95. The smallest absolute Gasteiger partial charge is 0.238 e. The van der Waals surface area contributed by atoms with Gasteiger partial charge in [0.15, 0.2) is 0 Å². The number of nitrogens with one attached hydrogen (secondary N) is 1. The van der Waals surface area contributed by atoms with Gasteiger partial charge in [-0.25, -0.2) is 13.6 Å². The van der Waals surface area contributed by atoms with E-state index in [0.29, 0.717) is 19.1 Å². The van der Waals surface area contributed by atoms with Crippen LogP contribution in [-0.4, -0.2) is 38.9 Å². The minimum Gasteiger partial charge on any atom is -0.351 e. The van der Waals surface area contributed by atoms with Crippen molar-refractivity contribution in [3.8, 4) is 0 Å². The molecule has 0 atom stereocenters. The van der Waals surface area contributed by atoms with E-state index in [0.717, 1.165) is 5.56 Å². The Bertz CT molecular complexity index is 622. The van der Waals surface area contributed by atoms with Crippen LogP contribution in [0.3, 0.4) is 0 Å². The molecule has 3 N–H and O–H groups in total. The lowest BCUT2D eigenvalue weighted by molar-refractivity contribution is -0.122. The van der Waals surface area contributed by atoms with Crippen molar-refractivity contribution in [1.82, 2.24) is 10.2 Å². The van der Waals surface area contributed by atoms with Crippen LogP contribution in [0.1, 0.15) is 37.7 Å². The molecule has 6 nitrogen and oxygen atoms in total. The number of amides is 1. The Morgan fingerprint density at radius 2 is 1.83 bits per heavy atom. The van der Waals surface area contributed by atoms with Gasteiger partial charge in [-0.05, 0) is 37.6 Å². The molecule has 7 heteroatoms. The molecule has 0 aromatic heterocycles. The molecule has 1 aromatic carbocycles. The predicted octanol–water partition coefficient (Wildman–Crippen LogP) is 1.21. The Morgan fingerprint density at radius 1 is 1.22 bits per heavy atom. The van der Waals surface area contributed by atoms with E-state index in [9.17, 15) is 13.2 Å². The van der Waals surface area contributed by atoms with Crippen molar-refractivity contribution < 1.29 is 13.2 Å². The molecule has 128 valence electrons. The number of nitrogens with two attached hydrogens (primary N) is 1. The first-order valence-corrected chi connectivity index (χ1v) is 9.49. The van der Waals surface area contributed by atoms with Crippen molar-refractivity contribution in [2.45, 2.75) is 49.6 Å². The maximum atomic E-state index is 12.0. The fourth-order valence-electron chi connectivity index (χ4n) is 2.93. The topological polar surface area (TPSA) is 92.5 Å². The Balaban J connectivity index is 1.79. The second-order valence-corrected chi connectivity index (χ2v) is 7.73. The number of rotatable bonds is 6. The summed E-state index contributed by atoms with van der Waals surface area (Å²) in [7, 11) is -1.68. The predicted molar refractivity (Wildman–Crippen MR) is 89.2 cm³/mol. The van der Waals surface area contributed by atoms with Crippen LogP contribution in [0.15, 0.2) is 29.2 Å². The third kappa shape index (κ3) is 5.60. The molecule has 0 saturated heterocycles. The lowest BCUT2D eigenvalue weighted by atomic mass is 9.94. The van der Waals surface area contributed by atoms with Crippen molar-refractivity contribution in [3.63, 3.8) is 0 Å². The van der Waals surface area contributed by atoms with Gasteiger partial charge in [0.2, 0.25) is 15.9 Å². The lowest BCUT2D eigenvalue weighted by Gasteiger charge is -2.30. The number of hydrogen-bond acceptors (Lipinski definition) is 4. The van der Waals surface area contributed by atoms with Crippen LogP contribution in [-0.2, 0) is 21.4 Å². The molecule has 0 spiro atoms. The summed E-state index contributed by atoms with van der Waals surface area (Å²) in [6.45, 7) is 0.766. The average Bonchev–Trinajstić information content (AvgIpc) is 2.53. The molecule has 1 saturated carbocycles. The third-order valence-corrected chi connectivity index (χ3v) is 5.26. The van der Waals surface area contributed by atoms with Gasteiger partial charge in [-0.15, -0.1) is 0 Å². The number of primary sulfonamides is 1. The zero-order valence-electron chi connectivity index (χ0n) is 13.5. The molecule has 0 heterocycles. The molecule has 2 rings (SSSR count). The van der Waals surface area contributed by atoms with Crippen LogP contribution in [0.5, 0.6) is 0 Å². The summed E-state index contributed by atoms with van der Waals surface area (Å²) in [5.74, 6) is -0.0198. The highest BCUT2D eigenvalue weighted by Gasteiger charge is 2.19. The van der Waals surface area contributed by atoms with E-state index in [1.54, 1.807) is 12.1 Å². The normalized spacial score (nSPS) is 16.5. The number of carbonyl (C=O) groups excluding carboxylic acids is 1. The first-order chi connectivity index (χ1) is 10.9. The Morgan fingerprint density at radius 3 is 2.39 bits per heavy atom. The van der Waals surface area contributed by atoms with Crippen LogP contribution in [0, 0.1) is 0 Å². The summed E-state index contributed by atoms with van der Waals surface area (Å²) in [5, 5.41) is 7.92. The summed E-state index contributed by atoms with van der Waals surface area (Å²) < 4.78 is 22.4. The van der Waals surface area contributed by atoms with Crippen molar-refractivity contribution in [1.29, 1.82) is 0 Å². The zero-order valence-corrected chi connectivity index (χ0v) is 14.3. The number of sulfonamides is 1. The number of carbonyl (C=O) groups is 1. The van der Waals surface area contributed by atoms with E-state index in [-0.39, 0.29) is 10.8 Å². The summed E-state index contributed by atoms with van der Waals surface area (Å²) in [6.07, 6.45) is 6.11. The maximum absolute atomic E-state index is 12.0. The molecule has 1 aliphatic carbocycles. The molecule has 1 amide bonds. The highest BCUT2D eigenvalue weighted by molar-refractivity contribution is 7.89. The third-order valence-electron chi connectivity index (χ3n) is 4.33. The fourth-order valence-corrected chi connectivity index (χ4v) is 3.45. The van der Waals surface area contributed by atoms with Crippen molar-refractivity contribution in [3.05, 3.63) is 29.8 Å².